The number of aryl methyl sites for hydroxylation is 1. The van der Waals surface area contributed by atoms with Gasteiger partial charge in [0.25, 0.3) is 10.0 Å². The minimum Gasteiger partial charge on any atom is -0.350 e. The van der Waals surface area contributed by atoms with Crippen molar-refractivity contribution in [1.82, 2.24) is 10.2 Å². The lowest BCUT2D eigenvalue weighted by Crippen LogP contribution is -2.54. The van der Waals surface area contributed by atoms with Crippen LogP contribution in [0.3, 0.4) is 0 Å². The van der Waals surface area contributed by atoms with Gasteiger partial charge >= 0.3 is 0 Å². The van der Waals surface area contributed by atoms with Crippen molar-refractivity contribution in [2.75, 3.05) is 10.8 Å². The predicted octanol–water partition coefficient (Wildman–Crippen LogP) is 5.62. The Morgan fingerprint density at radius 2 is 1.57 bits per heavy atom. The maximum atomic E-state index is 14.0. The van der Waals surface area contributed by atoms with Gasteiger partial charge in [0.2, 0.25) is 11.8 Å². The fraction of sp³-hybridized carbons (Fsp3) is 0.333. The third-order valence-corrected chi connectivity index (χ3v) is 8.51. The van der Waals surface area contributed by atoms with Gasteiger partial charge in [0.1, 0.15) is 18.4 Å². The van der Waals surface area contributed by atoms with Crippen molar-refractivity contribution >= 4 is 39.1 Å². The zero-order valence-corrected chi connectivity index (χ0v) is 25.1. The molecule has 10 heteroatoms. The summed E-state index contributed by atoms with van der Waals surface area (Å²) in [5.41, 5.74) is 1.63. The second-order valence-corrected chi connectivity index (χ2v) is 13.0. The number of nitrogens with zero attached hydrogens (tertiary/aromatic N) is 2. The molecule has 7 nitrogen and oxygen atoms in total. The van der Waals surface area contributed by atoms with Crippen molar-refractivity contribution in [1.29, 1.82) is 0 Å². The Bertz CT molecular complexity index is 1470. The number of rotatable bonds is 9. The quantitative estimate of drug-likeness (QED) is 0.352. The highest BCUT2D eigenvalue weighted by Gasteiger charge is 2.34. The smallest absolute Gasteiger partial charge is 0.264 e. The third kappa shape index (κ3) is 7.61. The van der Waals surface area contributed by atoms with E-state index >= 15 is 0 Å². The number of halogens is 2. The summed E-state index contributed by atoms with van der Waals surface area (Å²) >= 11 is 6.35. The summed E-state index contributed by atoms with van der Waals surface area (Å²) in [6, 6.07) is 15.8. The molecule has 0 saturated heterocycles. The zero-order valence-electron chi connectivity index (χ0n) is 23.5. The molecule has 0 fully saturated rings. The van der Waals surface area contributed by atoms with Gasteiger partial charge in [-0.2, -0.15) is 0 Å². The lowest BCUT2D eigenvalue weighted by atomic mass is 10.1. The van der Waals surface area contributed by atoms with Gasteiger partial charge in [-0.3, -0.25) is 13.9 Å². The number of anilines is 1. The van der Waals surface area contributed by atoms with Gasteiger partial charge < -0.3 is 10.2 Å². The van der Waals surface area contributed by atoms with Gasteiger partial charge in [0.15, 0.2) is 0 Å². The van der Waals surface area contributed by atoms with Crippen molar-refractivity contribution in [2.45, 2.75) is 64.6 Å². The number of benzene rings is 3. The molecule has 0 spiro atoms. The molecule has 40 heavy (non-hydrogen) atoms. The molecule has 214 valence electrons. The third-order valence-electron chi connectivity index (χ3n) is 6.33. The average molecular weight is 588 g/mol. The molecule has 3 rings (SSSR count). The lowest BCUT2D eigenvalue weighted by molar-refractivity contribution is -0.140. The highest BCUT2D eigenvalue weighted by atomic mass is 35.5. The Hall–Kier alpha value is -3.43. The number of carbonyl (C=O) groups excluding carboxylic acids is 2. The molecule has 1 atom stereocenters. The molecule has 0 bridgehead atoms. The first-order chi connectivity index (χ1) is 18.6. The SMILES string of the molecule is Cc1ccc(S(=O)(=O)N(CC(=O)N(Cc2ccc(F)cc2)C(C)C(=O)NC(C)(C)C)c2cccc(Cl)c2C)cc1. The van der Waals surface area contributed by atoms with Crippen LogP contribution in [-0.4, -0.2) is 43.3 Å². The van der Waals surface area contributed by atoms with Crippen LogP contribution < -0.4 is 9.62 Å². The molecule has 2 amide bonds. The summed E-state index contributed by atoms with van der Waals surface area (Å²) < 4.78 is 42.5. The maximum absolute atomic E-state index is 14.0. The van der Waals surface area contributed by atoms with Crippen molar-refractivity contribution in [3.05, 3.63) is 94.3 Å². The molecular formula is C30H35ClFN3O4S. The van der Waals surface area contributed by atoms with E-state index in [2.05, 4.69) is 5.32 Å². The molecule has 0 aromatic heterocycles. The van der Waals surface area contributed by atoms with E-state index in [4.69, 9.17) is 11.6 Å². The first-order valence-corrected chi connectivity index (χ1v) is 14.6. The van der Waals surface area contributed by atoms with E-state index in [1.54, 1.807) is 44.2 Å². The standard InChI is InChI=1S/C30H35ClFN3O4S/c1-20-10-16-25(17-11-20)40(38,39)35(27-9-7-8-26(31)21(27)2)19-28(36)34(18-23-12-14-24(32)15-13-23)22(3)29(37)33-30(4,5)6/h7-17,22H,18-19H2,1-6H3,(H,33,37). The number of amides is 2. The number of hydrogen-bond acceptors (Lipinski definition) is 4. The van der Waals surface area contributed by atoms with Gasteiger partial charge in [0.05, 0.1) is 10.6 Å². The zero-order chi connectivity index (χ0) is 29.8. The number of carbonyl (C=O) groups is 2. The van der Waals surface area contributed by atoms with Gasteiger partial charge in [-0.25, -0.2) is 12.8 Å². The molecule has 0 saturated carbocycles. The van der Waals surface area contributed by atoms with E-state index in [0.717, 1.165) is 9.87 Å². The van der Waals surface area contributed by atoms with Crippen molar-refractivity contribution in [3.63, 3.8) is 0 Å². The first kappa shape index (κ1) is 31.1. The minimum absolute atomic E-state index is 0.00823. The summed E-state index contributed by atoms with van der Waals surface area (Å²) in [6.07, 6.45) is 0. The van der Waals surface area contributed by atoms with E-state index in [9.17, 15) is 22.4 Å². The van der Waals surface area contributed by atoms with Crippen LogP contribution in [0.1, 0.15) is 44.4 Å². The molecule has 0 aliphatic heterocycles. The number of sulfonamides is 1. The Kier molecular flexibility index (Phi) is 9.64. The first-order valence-electron chi connectivity index (χ1n) is 12.8. The number of nitrogens with one attached hydrogen (secondary N) is 1. The Balaban J connectivity index is 2.08. The van der Waals surface area contributed by atoms with Gasteiger partial charge in [0, 0.05) is 17.1 Å². The minimum atomic E-state index is -4.21. The van der Waals surface area contributed by atoms with Crippen molar-refractivity contribution in [3.8, 4) is 0 Å². The van der Waals surface area contributed by atoms with E-state index in [1.165, 1.54) is 41.3 Å². The van der Waals surface area contributed by atoms with Crippen LogP contribution >= 0.6 is 11.6 Å². The van der Waals surface area contributed by atoms with Gasteiger partial charge in [-0.1, -0.05) is 47.5 Å². The molecule has 0 aliphatic rings. The summed E-state index contributed by atoms with van der Waals surface area (Å²) in [7, 11) is -4.21. The lowest BCUT2D eigenvalue weighted by Gasteiger charge is -2.34. The molecule has 0 radical (unpaired) electrons. The normalized spacial score (nSPS) is 12.5. The summed E-state index contributed by atoms with van der Waals surface area (Å²) in [5, 5.41) is 3.21. The average Bonchev–Trinajstić information content (AvgIpc) is 2.87. The van der Waals surface area contributed by atoms with E-state index in [1.807, 2.05) is 27.7 Å². The molecule has 3 aromatic carbocycles. The Labute approximate surface area is 241 Å². The monoisotopic (exact) mass is 587 g/mol. The van der Waals surface area contributed by atoms with Crippen molar-refractivity contribution < 1.29 is 22.4 Å². The maximum Gasteiger partial charge on any atom is 0.264 e. The Morgan fingerprint density at radius 1 is 0.975 bits per heavy atom. The largest absolute Gasteiger partial charge is 0.350 e. The second kappa shape index (κ2) is 12.4. The van der Waals surface area contributed by atoms with Gasteiger partial charge in [-0.05, 0) is 89.1 Å². The molecule has 1 unspecified atom stereocenters. The van der Waals surface area contributed by atoms with E-state index < -0.39 is 45.8 Å². The Morgan fingerprint density at radius 3 is 2.15 bits per heavy atom. The van der Waals surface area contributed by atoms with Crippen LogP contribution in [0.2, 0.25) is 5.02 Å². The van der Waals surface area contributed by atoms with Crippen molar-refractivity contribution in [2.24, 2.45) is 0 Å². The van der Waals surface area contributed by atoms with E-state index in [-0.39, 0.29) is 17.1 Å². The second-order valence-electron chi connectivity index (χ2n) is 10.8. The van der Waals surface area contributed by atoms with Crippen LogP contribution in [0.25, 0.3) is 0 Å². The highest BCUT2D eigenvalue weighted by Crippen LogP contribution is 2.31. The van der Waals surface area contributed by atoms with Crippen LogP contribution in [0, 0.1) is 19.7 Å². The molecular weight excluding hydrogens is 553 g/mol. The summed E-state index contributed by atoms with van der Waals surface area (Å²) in [6.45, 7) is 9.93. The highest BCUT2D eigenvalue weighted by molar-refractivity contribution is 7.92. The summed E-state index contributed by atoms with van der Waals surface area (Å²) in [4.78, 5) is 28.4. The van der Waals surface area contributed by atoms with Crippen LogP contribution in [0.4, 0.5) is 10.1 Å². The molecule has 0 aliphatic carbocycles. The topological polar surface area (TPSA) is 86.8 Å². The summed E-state index contributed by atoms with van der Waals surface area (Å²) in [5.74, 6) is -1.46. The van der Waals surface area contributed by atoms with Gasteiger partial charge in [-0.15, -0.1) is 0 Å². The van der Waals surface area contributed by atoms with E-state index in [0.29, 0.717) is 16.1 Å². The molecule has 3 aromatic rings. The fourth-order valence-electron chi connectivity index (χ4n) is 4.06. The van der Waals surface area contributed by atoms with Crippen LogP contribution in [-0.2, 0) is 26.2 Å². The number of hydrogen-bond donors (Lipinski definition) is 1. The fourth-order valence-corrected chi connectivity index (χ4v) is 5.70. The molecule has 1 N–H and O–H groups in total. The van der Waals surface area contributed by atoms with Crippen LogP contribution in [0.15, 0.2) is 71.6 Å². The molecule has 0 heterocycles. The van der Waals surface area contributed by atoms with Crippen LogP contribution in [0.5, 0.6) is 0 Å². The predicted molar refractivity (Wildman–Crippen MR) is 156 cm³/mol.